The van der Waals surface area contributed by atoms with E-state index in [9.17, 15) is 9.90 Å². The topological polar surface area (TPSA) is 73.8 Å². The van der Waals surface area contributed by atoms with Crippen molar-refractivity contribution >= 4 is 36.4 Å². The number of amides is 1. The van der Waals surface area contributed by atoms with Crippen LogP contribution in [0.2, 0.25) is 0 Å². The summed E-state index contributed by atoms with van der Waals surface area (Å²) < 4.78 is 5.37. The molecule has 3 N–H and O–H groups in total. The normalized spacial score (nSPS) is 29.9. The number of nitrogens with zero attached hydrogens (tertiary/aromatic N) is 1. The first-order valence-electron chi connectivity index (χ1n) is 9.33. The minimum absolute atomic E-state index is 0. The summed E-state index contributed by atoms with van der Waals surface area (Å²) >= 11 is 0. The lowest BCUT2D eigenvalue weighted by molar-refractivity contribution is 0.0462. The third-order valence-electron chi connectivity index (χ3n) is 5.87. The zero-order valence-corrected chi connectivity index (χ0v) is 16.9. The summed E-state index contributed by atoms with van der Waals surface area (Å²) in [6, 6.07) is 7.58. The van der Waals surface area contributed by atoms with Gasteiger partial charge in [-0.25, -0.2) is 0 Å². The Hall–Kier alpha value is -1.05. The molecule has 3 fully saturated rings. The second-order valence-corrected chi connectivity index (χ2v) is 7.44. The van der Waals surface area contributed by atoms with E-state index < -0.39 is 6.10 Å². The predicted molar refractivity (Wildman–Crippen MR) is 110 cm³/mol. The first-order chi connectivity index (χ1) is 12.2. The van der Waals surface area contributed by atoms with Crippen molar-refractivity contribution in [3.8, 4) is 0 Å². The molecule has 1 saturated carbocycles. The van der Waals surface area contributed by atoms with Gasteiger partial charge in [0.05, 0.1) is 25.4 Å². The van der Waals surface area contributed by atoms with Crippen LogP contribution < -0.4 is 15.5 Å². The van der Waals surface area contributed by atoms with E-state index in [1.54, 1.807) is 0 Å². The lowest BCUT2D eigenvalue weighted by Gasteiger charge is -2.35. The number of fused-ring (bicyclic) bond motifs is 1. The summed E-state index contributed by atoms with van der Waals surface area (Å²) in [4.78, 5) is 14.8. The number of nitrogens with one attached hydrogen (secondary N) is 2. The molecule has 4 rings (SSSR count). The molecule has 27 heavy (non-hydrogen) atoms. The van der Waals surface area contributed by atoms with E-state index in [1.807, 2.05) is 24.3 Å². The first-order valence-corrected chi connectivity index (χ1v) is 9.33. The molecule has 0 spiro atoms. The number of carbonyl (C=O) groups excluding carboxylic acids is 1. The van der Waals surface area contributed by atoms with Crippen LogP contribution in [0.5, 0.6) is 0 Å². The lowest BCUT2D eigenvalue weighted by Crippen LogP contribution is -2.49. The van der Waals surface area contributed by atoms with Crippen LogP contribution in [0.15, 0.2) is 24.3 Å². The third kappa shape index (κ3) is 5.06. The fourth-order valence-corrected chi connectivity index (χ4v) is 4.35. The number of morpholine rings is 1. The molecule has 1 aliphatic carbocycles. The molecule has 2 heterocycles. The minimum Gasteiger partial charge on any atom is -0.391 e. The standard InChI is InChI=1S/C19H27N3O3.2ClH/c23-18-10-15-12-20-11-14(15)9-17(18)21-19(24)13-1-3-16(4-2-13)22-5-7-25-8-6-22;;/h1-4,14-15,17-18,20,23H,5-12H2,(H,21,24);2*1H/t14-,15+,17-,18-;;/m0../s1. The van der Waals surface area contributed by atoms with Gasteiger partial charge < -0.3 is 25.4 Å². The highest BCUT2D eigenvalue weighted by molar-refractivity contribution is 5.94. The Morgan fingerprint density at radius 1 is 1.07 bits per heavy atom. The monoisotopic (exact) mass is 417 g/mol. The van der Waals surface area contributed by atoms with Gasteiger partial charge in [0.25, 0.3) is 5.91 Å². The van der Waals surface area contributed by atoms with Gasteiger partial charge in [0, 0.05) is 24.3 Å². The van der Waals surface area contributed by atoms with Gasteiger partial charge in [0.2, 0.25) is 0 Å². The Kier molecular flexibility index (Phi) is 8.19. The van der Waals surface area contributed by atoms with Crippen molar-refractivity contribution in [1.29, 1.82) is 0 Å². The fraction of sp³-hybridized carbons (Fsp3) is 0.632. The van der Waals surface area contributed by atoms with Gasteiger partial charge in [0.1, 0.15) is 0 Å². The van der Waals surface area contributed by atoms with Crippen LogP contribution in [0.1, 0.15) is 23.2 Å². The maximum Gasteiger partial charge on any atom is 0.251 e. The minimum atomic E-state index is -0.447. The molecule has 1 aromatic rings. The number of ether oxygens (including phenoxy) is 1. The molecule has 0 aromatic heterocycles. The summed E-state index contributed by atoms with van der Waals surface area (Å²) in [7, 11) is 0. The number of halogens is 2. The molecule has 0 bridgehead atoms. The first kappa shape index (κ1) is 22.2. The van der Waals surface area contributed by atoms with E-state index in [1.165, 1.54) is 0 Å². The van der Waals surface area contributed by atoms with E-state index in [4.69, 9.17) is 4.74 Å². The summed E-state index contributed by atoms with van der Waals surface area (Å²) in [5, 5.41) is 16.8. The maximum atomic E-state index is 12.6. The van der Waals surface area contributed by atoms with Crippen molar-refractivity contribution in [2.75, 3.05) is 44.3 Å². The van der Waals surface area contributed by atoms with Crippen molar-refractivity contribution in [2.45, 2.75) is 25.0 Å². The highest BCUT2D eigenvalue weighted by Crippen LogP contribution is 2.33. The lowest BCUT2D eigenvalue weighted by atomic mass is 9.77. The molecule has 2 aliphatic heterocycles. The number of carbonyl (C=O) groups is 1. The molecular formula is C19H29Cl2N3O3. The van der Waals surface area contributed by atoms with E-state index in [0.717, 1.165) is 57.9 Å². The predicted octanol–water partition coefficient (Wildman–Crippen LogP) is 1.46. The molecule has 1 amide bonds. The number of aliphatic hydroxyl groups excluding tert-OH is 1. The molecule has 152 valence electrons. The molecular weight excluding hydrogens is 389 g/mol. The van der Waals surface area contributed by atoms with E-state index in [-0.39, 0.29) is 36.8 Å². The second-order valence-electron chi connectivity index (χ2n) is 7.44. The van der Waals surface area contributed by atoms with Crippen LogP contribution in [-0.4, -0.2) is 62.6 Å². The Bertz CT molecular complexity index is 611. The van der Waals surface area contributed by atoms with Crippen molar-refractivity contribution < 1.29 is 14.6 Å². The highest BCUT2D eigenvalue weighted by atomic mass is 35.5. The van der Waals surface area contributed by atoms with Crippen LogP contribution in [0.4, 0.5) is 5.69 Å². The van der Waals surface area contributed by atoms with Gasteiger partial charge in [-0.2, -0.15) is 0 Å². The Morgan fingerprint density at radius 2 is 1.70 bits per heavy atom. The largest absolute Gasteiger partial charge is 0.391 e. The zero-order valence-electron chi connectivity index (χ0n) is 15.3. The van der Waals surface area contributed by atoms with E-state index >= 15 is 0 Å². The Labute approximate surface area is 172 Å². The fourth-order valence-electron chi connectivity index (χ4n) is 4.35. The quantitative estimate of drug-likeness (QED) is 0.693. The molecule has 0 unspecified atom stereocenters. The average molecular weight is 418 g/mol. The zero-order chi connectivity index (χ0) is 17.2. The highest BCUT2D eigenvalue weighted by Gasteiger charge is 2.39. The van der Waals surface area contributed by atoms with E-state index in [2.05, 4.69) is 15.5 Å². The summed E-state index contributed by atoms with van der Waals surface area (Å²) in [6.07, 6.45) is 1.19. The number of aliphatic hydroxyl groups is 1. The molecule has 4 atom stereocenters. The third-order valence-corrected chi connectivity index (χ3v) is 5.87. The average Bonchev–Trinajstić information content (AvgIpc) is 3.10. The van der Waals surface area contributed by atoms with Crippen molar-refractivity contribution in [3.05, 3.63) is 29.8 Å². The van der Waals surface area contributed by atoms with Crippen LogP contribution in [0, 0.1) is 11.8 Å². The van der Waals surface area contributed by atoms with Gasteiger partial charge in [-0.3, -0.25) is 4.79 Å². The number of anilines is 1. The molecule has 0 radical (unpaired) electrons. The smallest absolute Gasteiger partial charge is 0.251 e. The SMILES string of the molecule is Cl.Cl.O=C(N[C@H]1C[C@H]2CNC[C@H]2C[C@@H]1O)c1ccc(N2CCOCC2)cc1. The molecule has 8 heteroatoms. The number of hydrogen-bond donors (Lipinski definition) is 3. The van der Waals surface area contributed by atoms with E-state index in [0.29, 0.717) is 17.4 Å². The Morgan fingerprint density at radius 3 is 2.37 bits per heavy atom. The number of hydrogen-bond acceptors (Lipinski definition) is 5. The van der Waals surface area contributed by atoms with Crippen molar-refractivity contribution in [2.24, 2.45) is 11.8 Å². The van der Waals surface area contributed by atoms with Gasteiger partial charge >= 0.3 is 0 Å². The molecule has 6 nitrogen and oxygen atoms in total. The van der Waals surface area contributed by atoms with Gasteiger partial charge in [-0.05, 0) is 62.0 Å². The summed E-state index contributed by atoms with van der Waals surface area (Å²) in [5.74, 6) is 1.02. The second kappa shape index (κ2) is 9.94. The van der Waals surface area contributed by atoms with Crippen LogP contribution in [0.25, 0.3) is 0 Å². The van der Waals surface area contributed by atoms with Gasteiger partial charge in [-0.15, -0.1) is 24.8 Å². The number of benzene rings is 1. The molecule has 3 aliphatic rings. The van der Waals surface area contributed by atoms with Crippen molar-refractivity contribution in [1.82, 2.24) is 10.6 Å². The summed E-state index contributed by atoms with van der Waals surface area (Å²) in [6.45, 7) is 5.26. The van der Waals surface area contributed by atoms with Crippen molar-refractivity contribution in [3.63, 3.8) is 0 Å². The van der Waals surface area contributed by atoms with Crippen LogP contribution in [-0.2, 0) is 4.74 Å². The van der Waals surface area contributed by atoms with Gasteiger partial charge in [-0.1, -0.05) is 0 Å². The number of rotatable bonds is 3. The molecule has 2 saturated heterocycles. The molecule has 1 aromatic carbocycles. The maximum absolute atomic E-state index is 12.6. The summed E-state index contributed by atoms with van der Waals surface area (Å²) in [5.41, 5.74) is 1.77. The van der Waals surface area contributed by atoms with Gasteiger partial charge in [0.15, 0.2) is 0 Å². The Balaban J connectivity index is 0.00000131. The van der Waals surface area contributed by atoms with Crippen LogP contribution >= 0.6 is 24.8 Å². The van der Waals surface area contributed by atoms with Crippen LogP contribution in [0.3, 0.4) is 0 Å².